The second-order valence-corrected chi connectivity index (χ2v) is 4.13. The van der Waals surface area contributed by atoms with Crippen molar-refractivity contribution in [3.8, 4) is 0 Å². The van der Waals surface area contributed by atoms with Crippen LogP contribution in [0.2, 0.25) is 0 Å². The molecule has 0 aliphatic heterocycles. The van der Waals surface area contributed by atoms with Gasteiger partial charge in [-0.2, -0.15) is 0 Å². The minimum absolute atomic E-state index is 0.586. The number of hydrogen-bond donors (Lipinski definition) is 1. The van der Waals surface area contributed by atoms with Gasteiger partial charge in [0, 0.05) is 5.30 Å². The van der Waals surface area contributed by atoms with Crippen molar-refractivity contribution in [3.05, 3.63) is 28.8 Å². The molecule has 1 atom stereocenters. The lowest BCUT2D eigenvalue weighted by atomic mass is 10.1. The highest BCUT2D eigenvalue weighted by molar-refractivity contribution is 7.47. The average Bonchev–Trinajstić information content (AvgIpc) is 2.00. The molecule has 0 amide bonds. The number of benzene rings is 1. The van der Waals surface area contributed by atoms with Crippen molar-refractivity contribution in [2.45, 2.75) is 20.8 Å². The van der Waals surface area contributed by atoms with Crippen LogP contribution in [0.1, 0.15) is 16.7 Å². The fraction of sp³-hybridized carbons (Fsp3) is 0.333. The van der Waals surface area contributed by atoms with Crippen molar-refractivity contribution in [1.29, 1.82) is 0 Å². The molecule has 1 N–H and O–H groups in total. The Kier molecular flexibility index (Phi) is 2.71. The summed E-state index contributed by atoms with van der Waals surface area (Å²) in [5.74, 6) is 0. The molecule has 3 heteroatoms. The van der Waals surface area contributed by atoms with Gasteiger partial charge in [-0.1, -0.05) is 6.07 Å². The van der Waals surface area contributed by atoms with Gasteiger partial charge in [-0.3, -0.25) is 4.57 Å². The van der Waals surface area contributed by atoms with E-state index in [0.29, 0.717) is 5.30 Å². The van der Waals surface area contributed by atoms with Crippen LogP contribution in [0.3, 0.4) is 0 Å². The van der Waals surface area contributed by atoms with Gasteiger partial charge in [-0.15, -0.1) is 0 Å². The van der Waals surface area contributed by atoms with Crippen LogP contribution in [0.25, 0.3) is 0 Å². The molecule has 0 heterocycles. The Morgan fingerprint density at radius 1 is 1.17 bits per heavy atom. The zero-order valence-corrected chi connectivity index (χ0v) is 8.51. The average molecular weight is 184 g/mol. The Bertz CT molecular complexity index is 332. The molecule has 1 aromatic rings. The van der Waals surface area contributed by atoms with Crippen molar-refractivity contribution >= 4 is 13.3 Å². The Morgan fingerprint density at radius 3 is 2.25 bits per heavy atom. The minimum Gasteiger partial charge on any atom is -0.343 e. The predicted molar refractivity (Wildman–Crippen MR) is 51.5 cm³/mol. The first-order valence-electron chi connectivity index (χ1n) is 3.84. The number of rotatable bonds is 1. The molecule has 2 nitrogen and oxygen atoms in total. The van der Waals surface area contributed by atoms with E-state index < -0.39 is 8.03 Å². The molecule has 66 valence electrons. The van der Waals surface area contributed by atoms with E-state index in [4.69, 9.17) is 4.89 Å². The maximum Gasteiger partial charge on any atom is 0.218 e. The maximum atomic E-state index is 10.9. The summed E-state index contributed by atoms with van der Waals surface area (Å²) in [5.41, 5.74) is 3.22. The summed E-state index contributed by atoms with van der Waals surface area (Å²) in [6.45, 7) is 5.86. The molecule has 0 aliphatic rings. The van der Waals surface area contributed by atoms with Gasteiger partial charge in [-0.05, 0) is 43.5 Å². The largest absolute Gasteiger partial charge is 0.343 e. The van der Waals surface area contributed by atoms with E-state index in [1.165, 1.54) is 5.56 Å². The summed E-state index contributed by atoms with van der Waals surface area (Å²) in [5, 5.41) is 0.586. The van der Waals surface area contributed by atoms with E-state index in [0.717, 1.165) is 11.1 Å². The smallest absolute Gasteiger partial charge is 0.218 e. The Hall–Kier alpha value is -0.590. The van der Waals surface area contributed by atoms with Crippen LogP contribution >= 0.6 is 8.03 Å². The zero-order valence-electron chi connectivity index (χ0n) is 7.51. The van der Waals surface area contributed by atoms with E-state index in [9.17, 15) is 4.57 Å². The summed E-state index contributed by atoms with van der Waals surface area (Å²) < 4.78 is 10.9. The summed E-state index contributed by atoms with van der Waals surface area (Å²) in [6, 6.07) is 3.62. The monoisotopic (exact) mass is 184 g/mol. The van der Waals surface area contributed by atoms with Crippen LogP contribution in [0.5, 0.6) is 0 Å². The zero-order chi connectivity index (χ0) is 9.30. The van der Waals surface area contributed by atoms with Gasteiger partial charge in [0.1, 0.15) is 0 Å². The molecule has 1 rings (SSSR count). The lowest BCUT2D eigenvalue weighted by Crippen LogP contribution is -2.04. The molecule has 0 aliphatic carbocycles. The topological polar surface area (TPSA) is 37.3 Å². The molecule has 1 aromatic carbocycles. The van der Waals surface area contributed by atoms with Crippen molar-refractivity contribution in [3.63, 3.8) is 0 Å². The van der Waals surface area contributed by atoms with Gasteiger partial charge in [0.25, 0.3) is 0 Å². The molecule has 1 unspecified atom stereocenters. The third kappa shape index (κ3) is 1.60. The first-order valence-corrected chi connectivity index (χ1v) is 5.19. The molecular formula is C9H13O2P. The molecule has 0 bridgehead atoms. The van der Waals surface area contributed by atoms with Crippen molar-refractivity contribution in [2.24, 2.45) is 0 Å². The van der Waals surface area contributed by atoms with Crippen molar-refractivity contribution in [1.82, 2.24) is 0 Å². The maximum absolute atomic E-state index is 10.9. The summed E-state index contributed by atoms with van der Waals surface area (Å²) in [7, 11) is -2.53. The van der Waals surface area contributed by atoms with Gasteiger partial charge >= 0.3 is 0 Å². The molecular weight excluding hydrogens is 171 g/mol. The third-order valence-corrected chi connectivity index (χ3v) is 3.29. The standard InChI is InChI=1S/C9H13O2P/c1-6-4-5-9(12(10)11)8(3)7(6)2/h4-5,12H,1-3H3,(H,10,11). The van der Waals surface area contributed by atoms with E-state index in [2.05, 4.69) is 0 Å². The highest BCUT2D eigenvalue weighted by atomic mass is 31.1. The second kappa shape index (κ2) is 3.42. The molecule has 0 saturated heterocycles. The summed E-state index contributed by atoms with van der Waals surface area (Å²) in [4.78, 5) is 8.97. The van der Waals surface area contributed by atoms with Crippen LogP contribution < -0.4 is 5.30 Å². The van der Waals surface area contributed by atoms with Crippen molar-refractivity contribution < 1.29 is 9.46 Å². The lowest BCUT2D eigenvalue weighted by Gasteiger charge is -2.07. The normalized spacial score (nSPS) is 13.0. The lowest BCUT2D eigenvalue weighted by molar-refractivity contribution is 0.513. The van der Waals surface area contributed by atoms with E-state index in [-0.39, 0.29) is 0 Å². The summed E-state index contributed by atoms with van der Waals surface area (Å²) >= 11 is 0. The predicted octanol–water partition coefficient (Wildman–Crippen LogP) is 1.70. The van der Waals surface area contributed by atoms with Gasteiger partial charge in [-0.25, -0.2) is 0 Å². The molecule has 0 fully saturated rings. The molecule has 0 saturated carbocycles. The van der Waals surface area contributed by atoms with Gasteiger partial charge in [0.15, 0.2) is 0 Å². The first-order chi connectivity index (χ1) is 5.54. The SMILES string of the molecule is Cc1ccc([PH](=O)O)c(C)c1C. The van der Waals surface area contributed by atoms with Crippen LogP contribution in [-0.2, 0) is 4.57 Å². The fourth-order valence-corrected chi connectivity index (χ4v) is 1.92. The van der Waals surface area contributed by atoms with Gasteiger partial charge < -0.3 is 4.89 Å². The highest BCUT2D eigenvalue weighted by Gasteiger charge is 2.06. The number of hydrogen-bond acceptors (Lipinski definition) is 1. The van der Waals surface area contributed by atoms with E-state index in [1.54, 1.807) is 6.07 Å². The van der Waals surface area contributed by atoms with E-state index >= 15 is 0 Å². The third-order valence-electron chi connectivity index (χ3n) is 2.29. The van der Waals surface area contributed by atoms with E-state index in [1.807, 2.05) is 26.8 Å². The quantitative estimate of drug-likeness (QED) is 0.674. The first kappa shape index (κ1) is 9.50. The van der Waals surface area contributed by atoms with Crippen molar-refractivity contribution in [2.75, 3.05) is 0 Å². The summed E-state index contributed by atoms with van der Waals surface area (Å²) in [6.07, 6.45) is 0. The highest BCUT2D eigenvalue weighted by Crippen LogP contribution is 2.19. The molecule has 0 aromatic heterocycles. The molecule has 0 radical (unpaired) electrons. The Labute approximate surface area is 73.1 Å². The Balaban J connectivity index is 3.36. The molecule has 12 heavy (non-hydrogen) atoms. The molecule has 0 spiro atoms. The van der Waals surface area contributed by atoms with Crippen LogP contribution in [0.15, 0.2) is 12.1 Å². The number of aryl methyl sites for hydroxylation is 1. The second-order valence-electron chi connectivity index (χ2n) is 2.99. The van der Waals surface area contributed by atoms with Gasteiger partial charge in [0.2, 0.25) is 8.03 Å². The van der Waals surface area contributed by atoms with Crippen LogP contribution in [0.4, 0.5) is 0 Å². The minimum atomic E-state index is -2.53. The van der Waals surface area contributed by atoms with Crippen LogP contribution in [0, 0.1) is 20.8 Å². The Morgan fingerprint density at radius 2 is 1.75 bits per heavy atom. The van der Waals surface area contributed by atoms with Crippen LogP contribution in [-0.4, -0.2) is 4.89 Å². The van der Waals surface area contributed by atoms with Gasteiger partial charge in [0.05, 0.1) is 0 Å². The fourth-order valence-electron chi connectivity index (χ4n) is 1.19.